The van der Waals surface area contributed by atoms with Gasteiger partial charge in [-0.2, -0.15) is 0 Å². The maximum atomic E-state index is 12.6. The van der Waals surface area contributed by atoms with Crippen LogP contribution in [0.3, 0.4) is 0 Å². The first-order valence-electron chi connectivity index (χ1n) is 8.70. The van der Waals surface area contributed by atoms with E-state index < -0.39 is 0 Å². The molecule has 0 radical (unpaired) electrons. The standard InChI is InChI=1S/C18H27N3O2/c1-2-23-17-6-4-3-5-16(17)20-9-11-21(12-10-20)18(22)14-7-8-15(19)13-14/h3-6,14-15H,2,7-13,19H2,1H3. The van der Waals surface area contributed by atoms with Crippen LogP contribution in [-0.4, -0.2) is 49.6 Å². The highest BCUT2D eigenvalue weighted by Crippen LogP contribution is 2.30. The van der Waals surface area contributed by atoms with Crippen LogP contribution in [-0.2, 0) is 4.79 Å². The van der Waals surface area contributed by atoms with Crippen LogP contribution in [0.2, 0.25) is 0 Å². The minimum absolute atomic E-state index is 0.146. The highest BCUT2D eigenvalue weighted by molar-refractivity contribution is 5.79. The van der Waals surface area contributed by atoms with Gasteiger partial charge in [-0.1, -0.05) is 12.1 Å². The zero-order chi connectivity index (χ0) is 16.2. The van der Waals surface area contributed by atoms with Crippen molar-refractivity contribution in [2.45, 2.75) is 32.2 Å². The first-order chi connectivity index (χ1) is 11.2. The Morgan fingerprint density at radius 1 is 1.22 bits per heavy atom. The molecule has 2 N–H and O–H groups in total. The fraction of sp³-hybridized carbons (Fsp3) is 0.611. The second-order valence-corrected chi connectivity index (χ2v) is 6.48. The molecular weight excluding hydrogens is 290 g/mol. The van der Waals surface area contributed by atoms with Gasteiger partial charge < -0.3 is 20.3 Å². The summed E-state index contributed by atoms with van der Waals surface area (Å²) in [6, 6.07) is 8.35. The van der Waals surface area contributed by atoms with Gasteiger partial charge in [0.1, 0.15) is 5.75 Å². The molecule has 1 aromatic rings. The van der Waals surface area contributed by atoms with Crippen LogP contribution in [0, 0.1) is 5.92 Å². The molecule has 1 aliphatic carbocycles. The molecular formula is C18H27N3O2. The zero-order valence-electron chi connectivity index (χ0n) is 13.9. The lowest BCUT2D eigenvalue weighted by molar-refractivity contribution is -0.135. The number of nitrogens with two attached hydrogens (primary N) is 1. The molecule has 1 heterocycles. The molecule has 1 saturated carbocycles. The van der Waals surface area contributed by atoms with E-state index in [2.05, 4.69) is 11.0 Å². The Hall–Kier alpha value is -1.75. The van der Waals surface area contributed by atoms with E-state index in [-0.39, 0.29) is 12.0 Å². The average Bonchev–Trinajstić information content (AvgIpc) is 3.02. The molecule has 3 rings (SSSR count). The number of amides is 1. The normalized spacial score (nSPS) is 24.8. The third kappa shape index (κ3) is 3.61. The first-order valence-corrected chi connectivity index (χ1v) is 8.70. The highest BCUT2D eigenvalue weighted by Gasteiger charge is 2.32. The van der Waals surface area contributed by atoms with Crippen molar-refractivity contribution in [1.29, 1.82) is 0 Å². The summed E-state index contributed by atoms with van der Waals surface area (Å²) in [6.07, 6.45) is 2.79. The lowest BCUT2D eigenvalue weighted by Gasteiger charge is -2.37. The summed E-state index contributed by atoms with van der Waals surface area (Å²) in [5, 5.41) is 0. The van der Waals surface area contributed by atoms with Gasteiger partial charge in [0.05, 0.1) is 12.3 Å². The van der Waals surface area contributed by atoms with Crippen molar-refractivity contribution in [2.75, 3.05) is 37.7 Å². The summed E-state index contributed by atoms with van der Waals surface area (Å²) < 4.78 is 5.72. The number of hydrogen-bond acceptors (Lipinski definition) is 4. The Balaban J connectivity index is 1.59. The number of nitrogens with zero attached hydrogens (tertiary/aromatic N) is 2. The van der Waals surface area contributed by atoms with Crippen molar-refractivity contribution < 1.29 is 9.53 Å². The quantitative estimate of drug-likeness (QED) is 0.921. The summed E-state index contributed by atoms with van der Waals surface area (Å²) >= 11 is 0. The van der Waals surface area contributed by atoms with Crippen molar-refractivity contribution in [2.24, 2.45) is 11.7 Å². The minimum atomic E-state index is 0.146. The number of para-hydroxylation sites is 2. The molecule has 23 heavy (non-hydrogen) atoms. The molecule has 1 aliphatic heterocycles. The summed E-state index contributed by atoms with van der Waals surface area (Å²) in [5.74, 6) is 1.37. The number of piperazine rings is 1. The van der Waals surface area contributed by atoms with Crippen LogP contribution in [0.1, 0.15) is 26.2 Å². The summed E-state index contributed by atoms with van der Waals surface area (Å²) in [6.45, 7) is 5.94. The number of benzene rings is 1. The third-order valence-corrected chi connectivity index (χ3v) is 4.92. The Morgan fingerprint density at radius 2 is 1.96 bits per heavy atom. The van der Waals surface area contributed by atoms with E-state index >= 15 is 0 Å². The molecule has 1 saturated heterocycles. The monoisotopic (exact) mass is 317 g/mol. The number of rotatable bonds is 4. The summed E-state index contributed by atoms with van der Waals surface area (Å²) in [5.41, 5.74) is 7.07. The van der Waals surface area contributed by atoms with Gasteiger partial charge in [0.25, 0.3) is 0 Å². The largest absolute Gasteiger partial charge is 0.492 e. The van der Waals surface area contributed by atoms with Crippen molar-refractivity contribution in [3.05, 3.63) is 24.3 Å². The fourth-order valence-corrected chi connectivity index (χ4v) is 3.66. The number of carbonyl (C=O) groups is 1. The number of ether oxygens (including phenoxy) is 1. The van der Waals surface area contributed by atoms with E-state index in [4.69, 9.17) is 10.5 Å². The lowest BCUT2D eigenvalue weighted by atomic mass is 10.1. The van der Waals surface area contributed by atoms with E-state index in [1.165, 1.54) is 0 Å². The molecule has 2 fully saturated rings. The lowest BCUT2D eigenvalue weighted by Crippen LogP contribution is -2.50. The summed E-state index contributed by atoms with van der Waals surface area (Å²) in [7, 11) is 0. The van der Waals surface area contributed by atoms with Crippen LogP contribution in [0.4, 0.5) is 5.69 Å². The zero-order valence-corrected chi connectivity index (χ0v) is 13.9. The van der Waals surface area contributed by atoms with E-state index in [9.17, 15) is 4.79 Å². The van der Waals surface area contributed by atoms with Gasteiger partial charge >= 0.3 is 0 Å². The highest BCUT2D eigenvalue weighted by atomic mass is 16.5. The molecule has 5 heteroatoms. The van der Waals surface area contributed by atoms with Crippen LogP contribution in [0.5, 0.6) is 5.75 Å². The Kier molecular flexibility index (Phi) is 5.06. The van der Waals surface area contributed by atoms with Crippen molar-refractivity contribution in [1.82, 2.24) is 4.90 Å². The van der Waals surface area contributed by atoms with E-state index in [1.54, 1.807) is 0 Å². The predicted octanol–water partition coefficient (Wildman–Crippen LogP) is 1.86. The van der Waals surface area contributed by atoms with E-state index in [0.29, 0.717) is 12.5 Å². The average molecular weight is 317 g/mol. The fourth-order valence-electron chi connectivity index (χ4n) is 3.66. The number of anilines is 1. The van der Waals surface area contributed by atoms with Gasteiger partial charge in [-0.15, -0.1) is 0 Å². The summed E-state index contributed by atoms with van der Waals surface area (Å²) in [4.78, 5) is 16.9. The second-order valence-electron chi connectivity index (χ2n) is 6.48. The topological polar surface area (TPSA) is 58.8 Å². The SMILES string of the molecule is CCOc1ccccc1N1CCN(C(=O)C2CCC(N)C2)CC1. The molecule has 0 spiro atoms. The Morgan fingerprint density at radius 3 is 2.61 bits per heavy atom. The van der Waals surface area contributed by atoms with Crippen LogP contribution in [0.25, 0.3) is 0 Å². The van der Waals surface area contributed by atoms with Gasteiger partial charge in [-0.3, -0.25) is 4.79 Å². The predicted molar refractivity (Wildman–Crippen MR) is 91.7 cm³/mol. The first kappa shape index (κ1) is 16.1. The Labute approximate surface area is 138 Å². The molecule has 2 atom stereocenters. The molecule has 0 bridgehead atoms. The third-order valence-electron chi connectivity index (χ3n) is 4.92. The van der Waals surface area contributed by atoms with Crippen molar-refractivity contribution in [3.8, 4) is 5.75 Å². The number of carbonyl (C=O) groups excluding carboxylic acids is 1. The van der Waals surface area contributed by atoms with Crippen molar-refractivity contribution in [3.63, 3.8) is 0 Å². The minimum Gasteiger partial charge on any atom is -0.492 e. The molecule has 2 aliphatic rings. The Bertz CT molecular complexity index is 541. The van der Waals surface area contributed by atoms with Gasteiger partial charge in [-0.25, -0.2) is 0 Å². The molecule has 5 nitrogen and oxygen atoms in total. The van der Waals surface area contributed by atoms with Crippen molar-refractivity contribution >= 4 is 11.6 Å². The van der Waals surface area contributed by atoms with Gasteiger partial charge in [-0.05, 0) is 38.3 Å². The molecule has 0 aromatic heterocycles. The molecule has 1 amide bonds. The maximum Gasteiger partial charge on any atom is 0.225 e. The molecule has 1 aromatic carbocycles. The molecule has 2 unspecified atom stereocenters. The second kappa shape index (κ2) is 7.21. The van der Waals surface area contributed by atoms with Gasteiger partial charge in [0, 0.05) is 38.1 Å². The van der Waals surface area contributed by atoms with Crippen LogP contribution < -0.4 is 15.4 Å². The molecule has 126 valence electrons. The maximum absolute atomic E-state index is 12.6. The smallest absolute Gasteiger partial charge is 0.225 e. The van der Waals surface area contributed by atoms with Crippen LogP contribution >= 0.6 is 0 Å². The number of hydrogen-bond donors (Lipinski definition) is 1. The van der Waals surface area contributed by atoms with E-state index in [0.717, 1.165) is 56.9 Å². The van der Waals surface area contributed by atoms with E-state index in [1.807, 2.05) is 30.0 Å². The van der Waals surface area contributed by atoms with Crippen LogP contribution in [0.15, 0.2) is 24.3 Å². The van der Waals surface area contributed by atoms with Gasteiger partial charge in [0.2, 0.25) is 5.91 Å². The van der Waals surface area contributed by atoms with Gasteiger partial charge in [0.15, 0.2) is 0 Å².